The minimum absolute atomic E-state index is 0.00194. The third kappa shape index (κ3) is 2.35. The monoisotopic (exact) mass is 387 g/mol. The number of hydrogen-bond acceptors (Lipinski definition) is 2. The molecule has 0 spiro atoms. The van der Waals surface area contributed by atoms with Crippen LogP contribution in [0.1, 0.15) is 5.56 Å². The fraction of sp³-hybridized carbons (Fsp3) is 0.0714. The van der Waals surface area contributed by atoms with E-state index in [9.17, 15) is 13.6 Å². The number of rotatable bonds is 2. The smallest absolute Gasteiger partial charge is 0.408 e. The summed E-state index contributed by atoms with van der Waals surface area (Å²) in [7, 11) is 0. The van der Waals surface area contributed by atoms with E-state index in [2.05, 4.69) is 22.6 Å². The van der Waals surface area contributed by atoms with Crippen LogP contribution in [-0.4, -0.2) is 4.57 Å². The van der Waals surface area contributed by atoms with E-state index in [1.54, 1.807) is 12.1 Å². The Morgan fingerprint density at radius 1 is 1.15 bits per heavy atom. The van der Waals surface area contributed by atoms with Crippen molar-refractivity contribution in [2.24, 2.45) is 0 Å². The Morgan fingerprint density at radius 2 is 1.95 bits per heavy atom. The van der Waals surface area contributed by atoms with Gasteiger partial charge in [0.15, 0.2) is 5.58 Å². The fourth-order valence-electron chi connectivity index (χ4n) is 2.01. The third-order valence-corrected chi connectivity index (χ3v) is 3.64. The standard InChI is InChI=1S/C14H8F2INO2/c15-9-2-1-8(11(16)5-9)7-18-12-6-10(17)3-4-13(12)20-14(18)19/h1-6H,7H2. The van der Waals surface area contributed by atoms with Crippen LogP contribution >= 0.6 is 22.6 Å². The molecule has 0 radical (unpaired) electrons. The van der Waals surface area contributed by atoms with Crippen molar-refractivity contribution in [2.45, 2.75) is 6.54 Å². The van der Waals surface area contributed by atoms with Crippen molar-refractivity contribution in [3.05, 3.63) is 67.7 Å². The summed E-state index contributed by atoms with van der Waals surface area (Å²) in [5.41, 5.74) is 1.26. The summed E-state index contributed by atoms with van der Waals surface area (Å²) in [6.45, 7) is -0.00194. The molecule has 2 aromatic carbocycles. The molecule has 6 heteroatoms. The van der Waals surface area contributed by atoms with Crippen molar-refractivity contribution < 1.29 is 13.2 Å². The predicted molar refractivity (Wildman–Crippen MR) is 78.7 cm³/mol. The number of nitrogens with zero attached hydrogens (tertiary/aromatic N) is 1. The van der Waals surface area contributed by atoms with E-state index in [-0.39, 0.29) is 12.1 Å². The predicted octanol–water partition coefficient (Wildman–Crippen LogP) is 3.53. The van der Waals surface area contributed by atoms with Gasteiger partial charge >= 0.3 is 5.76 Å². The summed E-state index contributed by atoms with van der Waals surface area (Å²) in [5.74, 6) is -1.90. The summed E-state index contributed by atoms with van der Waals surface area (Å²) in [6.07, 6.45) is 0. The van der Waals surface area contributed by atoms with E-state index in [1.807, 2.05) is 6.07 Å². The molecule has 0 unspecified atom stereocenters. The Hall–Kier alpha value is -1.70. The highest BCUT2D eigenvalue weighted by atomic mass is 127. The van der Waals surface area contributed by atoms with Crippen LogP contribution in [0.4, 0.5) is 8.78 Å². The Kier molecular flexibility index (Phi) is 3.33. The first-order valence-corrected chi connectivity index (χ1v) is 6.85. The molecular weight excluding hydrogens is 379 g/mol. The van der Waals surface area contributed by atoms with Gasteiger partial charge < -0.3 is 4.42 Å². The van der Waals surface area contributed by atoms with Crippen LogP contribution in [0.2, 0.25) is 0 Å². The summed E-state index contributed by atoms with van der Waals surface area (Å²) >= 11 is 2.12. The lowest BCUT2D eigenvalue weighted by atomic mass is 10.2. The minimum atomic E-state index is -0.683. The molecule has 102 valence electrons. The first kappa shape index (κ1) is 13.3. The van der Waals surface area contributed by atoms with E-state index in [0.29, 0.717) is 11.1 Å². The molecule has 1 heterocycles. The van der Waals surface area contributed by atoms with Crippen LogP contribution in [0.5, 0.6) is 0 Å². The van der Waals surface area contributed by atoms with Crippen LogP contribution in [0.3, 0.4) is 0 Å². The second-order valence-corrected chi connectivity index (χ2v) is 5.55. The van der Waals surface area contributed by atoms with Gasteiger partial charge in [-0.2, -0.15) is 0 Å². The normalized spacial score (nSPS) is 11.2. The van der Waals surface area contributed by atoms with Gasteiger partial charge in [0.2, 0.25) is 0 Å². The van der Waals surface area contributed by atoms with Gasteiger partial charge in [-0.1, -0.05) is 6.07 Å². The SMILES string of the molecule is O=c1oc2ccc(I)cc2n1Cc1ccc(F)cc1F. The number of oxazole rings is 1. The van der Waals surface area contributed by atoms with Crippen molar-refractivity contribution >= 4 is 33.7 Å². The largest absolute Gasteiger partial charge is 0.420 e. The molecule has 0 aliphatic carbocycles. The summed E-state index contributed by atoms with van der Waals surface area (Å²) in [6, 6.07) is 8.57. The van der Waals surface area contributed by atoms with E-state index in [1.165, 1.54) is 10.6 Å². The van der Waals surface area contributed by atoms with Crippen LogP contribution < -0.4 is 5.76 Å². The van der Waals surface area contributed by atoms with Gasteiger partial charge in [-0.15, -0.1) is 0 Å². The molecule has 3 nitrogen and oxygen atoms in total. The Labute approximate surface area is 126 Å². The third-order valence-electron chi connectivity index (χ3n) is 2.97. The average Bonchev–Trinajstić information content (AvgIpc) is 2.69. The Balaban J connectivity index is 2.12. The molecule has 20 heavy (non-hydrogen) atoms. The highest BCUT2D eigenvalue weighted by molar-refractivity contribution is 14.1. The number of fused-ring (bicyclic) bond motifs is 1. The second-order valence-electron chi connectivity index (χ2n) is 4.30. The van der Waals surface area contributed by atoms with Crippen molar-refractivity contribution in [3.8, 4) is 0 Å². The van der Waals surface area contributed by atoms with Crippen LogP contribution in [0, 0.1) is 15.2 Å². The zero-order valence-electron chi connectivity index (χ0n) is 10.1. The Morgan fingerprint density at radius 3 is 2.70 bits per heavy atom. The molecule has 0 atom stereocenters. The molecule has 0 aliphatic heterocycles. The van der Waals surface area contributed by atoms with E-state index in [0.717, 1.165) is 15.7 Å². The quantitative estimate of drug-likeness (QED) is 0.631. The van der Waals surface area contributed by atoms with Crippen LogP contribution in [0.25, 0.3) is 11.1 Å². The maximum absolute atomic E-state index is 13.7. The summed E-state index contributed by atoms with van der Waals surface area (Å²) in [4.78, 5) is 11.8. The summed E-state index contributed by atoms with van der Waals surface area (Å²) < 4.78 is 33.9. The molecule has 3 aromatic rings. The van der Waals surface area contributed by atoms with E-state index < -0.39 is 17.4 Å². The number of benzene rings is 2. The first-order valence-electron chi connectivity index (χ1n) is 5.77. The zero-order chi connectivity index (χ0) is 14.3. The number of aromatic nitrogens is 1. The number of hydrogen-bond donors (Lipinski definition) is 0. The molecule has 0 bridgehead atoms. The lowest BCUT2D eigenvalue weighted by Crippen LogP contribution is -2.15. The molecule has 0 amide bonds. The van der Waals surface area contributed by atoms with E-state index in [4.69, 9.17) is 4.42 Å². The second kappa shape index (κ2) is 5.01. The van der Waals surface area contributed by atoms with Gasteiger partial charge in [0.1, 0.15) is 11.6 Å². The molecule has 0 N–H and O–H groups in total. The van der Waals surface area contributed by atoms with Crippen LogP contribution in [0.15, 0.2) is 45.6 Å². The van der Waals surface area contributed by atoms with Gasteiger partial charge in [0.05, 0.1) is 12.1 Å². The number of halogens is 3. The van der Waals surface area contributed by atoms with Crippen molar-refractivity contribution in [1.29, 1.82) is 0 Å². The molecule has 0 saturated heterocycles. The zero-order valence-corrected chi connectivity index (χ0v) is 12.2. The lowest BCUT2D eigenvalue weighted by molar-refractivity contribution is 0.510. The molecular formula is C14H8F2INO2. The highest BCUT2D eigenvalue weighted by Gasteiger charge is 2.12. The molecule has 0 saturated carbocycles. The van der Waals surface area contributed by atoms with Gasteiger partial charge in [0.25, 0.3) is 0 Å². The fourth-order valence-corrected chi connectivity index (χ4v) is 2.48. The lowest BCUT2D eigenvalue weighted by Gasteiger charge is -2.04. The topological polar surface area (TPSA) is 35.1 Å². The highest BCUT2D eigenvalue weighted by Crippen LogP contribution is 2.18. The van der Waals surface area contributed by atoms with Crippen LogP contribution in [-0.2, 0) is 6.54 Å². The van der Waals surface area contributed by atoms with Gasteiger partial charge in [-0.25, -0.2) is 13.6 Å². The first-order chi connectivity index (χ1) is 9.54. The van der Waals surface area contributed by atoms with E-state index >= 15 is 0 Å². The van der Waals surface area contributed by atoms with Crippen molar-refractivity contribution in [3.63, 3.8) is 0 Å². The molecule has 0 fully saturated rings. The molecule has 1 aromatic heterocycles. The Bertz CT molecular complexity index is 854. The molecule has 0 aliphatic rings. The van der Waals surface area contributed by atoms with Gasteiger partial charge in [-0.05, 0) is 46.9 Å². The van der Waals surface area contributed by atoms with Gasteiger partial charge in [0, 0.05) is 15.2 Å². The average molecular weight is 387 g/mol. The summed E-state index contributed by atoms with van der Waals surface area (Å²) in [5, 5.41) is 0. The van der Waals surface area contributed by atoms with Crippen molar-refractivity contribution in [1.82, 2.24) is 4.57 Å². The van der Waals surface area contributed by atoms with Gasteiger partial charge in [-0.3, -0.25) is 4.57 Å². The molecule has 3 rings (SSSR count). The van der Waals surface area contributed by atoms with Crippen molar-refractivity contribution in [2.75, 3.05) is 0 Å². The minimum Gasteiger partial charge on any atom is -0.408 e. The maximum Gasteiger partial charge on any atom is 0.420 e. The maximum atomic E-state index is 13.7.